The molecular weight excluding hydrogens is 319 g/mol. The van der Waals surface area contributed by atoms with Crippen LogP contribution in [0.5, 0.6) is 0 Å². The van der Waals surface area contributed by atoms with Gasteiger partial charge in [0.05, 0.1) is 4.47 Å². The van der Waals surface area contributed by atoms with Gasteiger partial charge in [-0.25, -0.2) is 13.2 Å². The number of hydrogen-bond acceptors (Lipinski definition) is 1. The highest BCUT2D eigenvalue weighted by Crippen LogP contribution is 2.27. The molecule has 2 aromatic rings. The van der Waals surface area contributed by atoms with E-state index in [4.69, 9.17) is 5.73 Å². The quantitative estimate of drug-likeness (QED) is 0.842. The lowest BCUT2D eigenvalue weighted by atomic mass is 9.98. The van der Waals surface area contributed by atoms with Gasteiger partial charge in [-0.15, -0.1) is 0 Å². The molecule has 0 bridgehead atoms. The molecule has 1 nitrogen and oxygen atoms in total. The summed E-state index contributed by atoms with van der Waals surface area (Å²) in [6, 6.07) is 7.35. The maximum Gasteiger partial charge on any atom is 0.145 e. The third kappa shape index (κ3) is 3.16. The van der Waals surface area contributed by atoms with E-state index in [1.807, 2.05) is 0 Å². The number of benzene rings is 2. The Morgan fingerprint density at radius 2 is 1.84 bits per heavy atom. The SMILES string of the molecule is NC(Cc1cccc(F)c1)c1c(F)ccc(Br)c1F. The van der Waals surface area contributed by atoms with Crippen LogP contribution >= 0.6 is 15.9 Å². The first-order valence-corrected chi connectivity index (χ1v) is 6.41. The molecular formula is C14H11BrF3N. The Hall–Kier alpha value is -1.33. The van der Waals surface area contributed by atoms with Crippen molar-refractivity contribution in [2.45, 2.75) is 12.5 Å². The van der Waals surface area contributed by atoms with Crippen LogP contribution in [0.15, 0.2) is 40.9 Å². The second-order valence-corrected chi connectivity index (χ2v) is 5.05. The summed E-state index contributed by atoms with van der Waals surface area (Å²) in [5.74, 6) is -1.83. The molecule has 100 valence electrons. The van der Waals surface area contributed by atoms with Crippen LogP contribution in [-0.4, -0.2) is 0 Å². The molecule has 0 aromatic heterocycles. The van der Waals surface area contributed by atoms with Crippen LogP contribution < -0.4 is 5.73 Å². The Balaban J connectivity index is 2.30. The zero-order chi connectivity index (χ0) is 14.0. The molecule has 2 N–H and O–H groups in total. The Labute approximate surface area is 117 Å². The fourth-order valence-electron chi connectivity index (χ4n) is 1.90. The van der Waals surface area contributed by atoms with Crippen molar-refractivity contribution in [2.75, 3.05) is 0 Å². The molecule has 0 saturated carbocycles. The topological polar surface area (TPSA) is 26.0 Å². The highest BCUT2D eigenvalue weighted by Gasteiger charge is 2.19. The van der Waals surface area contributed by atoms with Gasteiger partial charge in [-0.05, 0) is 52.2 Å². The van der Waals surface area contributed by atoms with E-state index in [1.165, 1.54) is 24.3 Å². The largest absolute Gasteiger partial charge is 0.323 e. The van der Waals surface area contributed by atoms with Crippen LogP contribution in [0.1, 0.15) is 17.2 Å². The van der Waals surface area contributed by atoms with Crippen LogP contribution in [0.4, 0.5) is 13.2 Å². The minimum Gasteiger partial charge on any atom is -0.323 e. The zero-order valence-corrected chi connectivity index (χ0v) is 11.4. The molecule has 2 aromatic carbocycles. The van der Waals surface area contributed by atoms with Crippen LogP contribution in [0.25, 0.3) is 0 Å². The molecule has 0 aliphatic rings. The van der Waals surface area contributed by atoms with Crippen LogP contribution in [0, 0.1) is 17.5 Å². The smallest absolute Gasteiger partial charge is 0.145 e. The van der Waals surface area contributed by atoms with Gasteiger partial charge >= 0.3 is 0 Å². The molecule has 0 radical (unpaired) electrons. The van der Waals surface area contributed by atoms with Gasteiger partial charge in [-0.2, -0.15) is 0 Å². The van der Waals surface area contributed by atoms with Crippen LogP contribution in [0.2, 0.25) is 0 Å². The molecule has 0 aliphatic heterocycles. The van der Waals surface area contributed by atoms with Crippen LogP contribution in [-0.2, 0) is 6.42 Å². The third-order valence-corrected chi connectivity index (χ3v) is 3.41. The van der Waals surface area contributed by atoms with Crippen molar-refractivity contribution in [1.82, 2.24) is 0 Å². The summed E-state index contributed by atoms with van der Waals surface area (Å²) >= 11 is 2.99. The van der Waals surface area contributed by atoms with Crippen molar-refractivity contribution in [3.05, 3.63) is 69.4 Å². The second kappa shape index (κ2) is 5.75. The fourth-order valence-corrected chi connectivity index (χ4v) is 2.25. The van der Waals surface area contributed by atoms with E-state index in [0.29, 0.717) is 5.56 Å². The van der Waals surface area contributed by atoms with Gasteiger partial charge in [0.15, 0.2) is 0 Å². The van der Waals surface area contributed by atoms with Crippen molar-refractivity contribution in [1.29, 1.82) is 0 Å². The predicted octanol–water partition coefficient (Wildman–Crippen LogP) is 4.11. The average molecular weight is 330 g/mol. The van der Waals surface area contributed by atoms with Gasteiger partial charge < -0.3 is 5.73 Å². The Morgan fingerprint density at radius 1 is 1.11 bits per heavy atom. The molecule has 0 spiro atoms. The van der Waals surface area contributed by atoms with Gasteiger partial charge in [0.2, 0.25) is 0 Å². The number of hydrogen-bond donors (Lipinski definition) is 1. The lowest BCUT2D eigenvalue weighted by molar-refractivity contribution is 0.520. The molecule has 0 fully saturated rings. The van der Waals surface area contributed by atoms with Crippen molar-refractivity contribution >= 4 is 15.9 Å². The van der Waals surface area contributed by atoms with Gasteiger partial charge in [-0.1, -0.05) is 12.1 Å². The Bertz CT molecular complexity index is 601. The standard InChI is InChI=1S/C14H11BrF3N/c15-10-4-5-11(17)13(14(10)18)12(19)7-8-2-1-3-9(16)6-8/h1-6,12H,7,19H2. The van der Waals surface area contributed by atoms with Crippen molar-refractivity contribution in [3.63, 3.8) is 0 Å². The maximum absolute atomic E-state index is 13.9. The van der Waals surface area contributed by atoms with E-state index in [1.54, 1.807) is 6.07 Å². The first kappa shape index (κ1) is 14.1. The summed E-state index contributed by atoms with van der Waals surface area (Å²) < 4.78 is 40.7. The summed E-state index contributed by atoms with van der Waals surface area (Å²) in [5.41, 5.74) is 6.22. The van der Waals surface area contributed by atoms with Gasteiger partial charge in [0.1, 0.15) is 17.5 Å². The lowest BCUT2D eigenvalue weighted by Gasteiger charge is -2.15. The van der Waals surface area contributed by atoms with Gasteiger partial charge in [0, 0.05) is 11.6 Å². The summed E-state index contributed by atoms with van der Waals surface area (Å²) in [6.45, 7) is 0. The highest BCUT2D eigenvalue weighted by molar-refractivity contribution is 9.10. The van der Waals surface area contributed by atoms with E-state index < -0.39 is 23.5 Å². The minimum atomic E-state index is -0.876. The molecule has 0 amide bonds. The van der Waals surface area contributed by atoms with Gasteiger partial charge in [-0.3, -0.25) is 0 Å². The van der Waals surface area contributed by atoms with Crippen LogP contribution in [0.3, 0.4) is 0 Å². The highest BCUT2D eigenvalue weighted by atomic mass is 79.9. The molecule has 19 heavy (non-hydrogen) atoms. The summed E-state index contributed by atoms with van der Waals surface area (Å²) in [4.78, 5) is 0. The molecule has 1 unspecified atom stereocenters. The first-order valence-electron chi connectivity index (χ1n) is 5.62. The molecule has 0 saturated heterocycles. The van der Waals surface area contributed by atoms with E-state index in [0.717, 1.165) is 6.07 Å². The predicted molar refractivity (Wildman–Crippen MR) is 71.1 cm³/mol. The average Bonchev–Trinajstić information content (AvgIpc) is 2.34. The fraction of sp³-hybridized carbons (Fsp3) is 0.143. The van der Waals surface area contributed by atoms with Crippen molar-refractivity contribution in [2.24, 2.45) is 5.73 Å². The van der Waals surface area contributed by atoms with E-state index in [9.17, 15) is 13.2 Å². The number of rotatable bonds is 3. The Kier molecular flexibility index (Phi) is 4.27. The van der Waals surface area contributed by atoms with E-state index >= 15 is 0 Å². The van der Waals surface area contributed by atoms with Crippen molar-refractivity contribution < 1.29 is 13.2 Å². The molecule has 1 atom stereocenters. The molecule has 2 rings (SSSR count). The van der Waals surface area contributed by atoms with E-state index in [2.05, 4.69) is 15.9 Å². The first-order chi connectivity index (χ1) is 8.99. The molecule has 0 heterocycles. The summed E-state index contributed by atoms with van der Waals surface area (Å²) in [6.07, 6.45) is 0.155. The summed E-state index contributed by atoms with van der Waals surface area (Å²) in [7, 11) is 0. The van der Waals surface area contributed by atoms with Gasteiger partial charge in [0.25, 0.3) is 0 Å². The number of halogens is 4. The molecule has 5 heteroatoms. The molecule has 0 aliphatic carbocycles. The lowest BCUT2D eigenvalue weighted by Crippen LogP contribution is -2.17. The summed E-state index contributed by atoms with van der Waals surface area (Å²) in [5, 5.41) is 0. The second-order valence-electron chi connectivity index (χ2n) is 4.20. The number of nitrogens with two attached hydrogens (primary N) is 1. The Morgan fingerprint density at radius 3 is 2.53 bits per heavy atom. The minimum absolute atomic E-state index is 0.151. The van der Waals surface area contributed by atoms with E-state index in [-0.39, 0.29) is 16.5 Å². The zero-order valence-electron chi connectivity index (χ0n) is 9.84. The monoisotopic (exact) mass is 329 g/mol. The maximum atomic E-state index is 13.9. The van der Waals surface area contributed by atoms with Crippen molar-refractivity contribution in [3.8, 4) is 0 Å². The normalized spacial score (nSPS) is 12.5. The third-order valence-electron chi connectivity index (χ3n) is 2.79.